The van der Waals surface area contributed by atoms with Crippen LogP contribution >= 0.6 is 0 Å². The van der Waals surface area contributed by atoms with E-state index in [1.165, 1.54) is 11.3 Å². The number of piperidine rings is 1. The van der Waals surface area contributed by atoms with E-state index in [2.05, 4.69) is 92.7 Å². The van der Waals surface area contributed by atoms with Crippen LogP contribution in [0.1, 0.15) is 25.3 Å². The smallest absolute Gasteiger partial charge is 0.222 e. The average molecular weight is 460 g/mol. The number of amides is 1. The van der Waals surface area contributed by atoms with Gasteiger partial charge >= 0.3 is 0 Å². The number of nitrogens with zero attached hydrogens (tertiary/aromatic N) is 4. The zero-order valence-corrected chi connectivity index (χ0v) is 20.0. The largest absolute Gasteiger partial charge is 0.369 e. The summed E-state index contributed by atoms with van der Waals surface area (Å²) >= 11 is 0. The molecule has 2 aliphatic heterocycles. The van der Waals surface area contributed by atoms with Crippen LogP contribution in [0.2, 0.25) is 0 Å². The highest BCUT2D eigenvalue weighted by Crippen LogP contribution is 2.37. The van der Waals surface area contributed by atoms with E-state index in [1.54, 1.807) is 0 Å². The quantitative estimate of drug-likeness (QED) is 0.543. The van der Waals surface area contributed by atoms with Gasteiger partial charge in [0.05, 0.1) is 17.6 Å². The van der Waals surface area contributed by atoms with Crippen LogP contribution in [-0.4, -0.2) is 60.5 Å². The standard InChI is InChI=1S/C26H33N7O/c1-17-8-9-19(25(27)34)16-33(17)24-7-5-4-6-21(24)23-12-13-32(26(28-2)31(23)3)20-11-10-18-15-29-30-22(18)14-20/h4-7,10-12,14-15,17,19,26,28H,8-9,13,16H2,1-3H3,(H2,27,34)(H,29,30)/t17-,19+,26?/m1/s1. The predicted molar refractivity (Wildman–Crippen MR) is 137 cm³/mol. The van der Waals surface area contributed by atoms with Crippen LogP contribution in [0.3, 0.4) is 0 Å². The molecule has 1 aromatic heterocycles. The molecule has 4 N–H and O–H groups in total. The number of aromatic nitrogens is 2. The summed E-state index contributed by atoms with van der Waals surface area (Å²) in [5, 5.41) is 11.8. The van der Waals surface area contributed by atoms with Crippen LogP contribution in [0.4, 0.5) is 11.4 Å². The summed E-state index contributed by atoms with van der Waals surface area (Å²) in [7, 11) is 4.11. The van der Waals surface area contributed by atoms with E-state index in [0.717, 1.165) is 41.7 Å². The second kappa shape index (κ2) is 9.02. The number of primary amides is 1. The van der Waals surface area contributed by atoms with E-state index >= 15 is 0 Å². The molecule has 8 heteroatoms. The highest BCUT2D eigenvalue weighted by atomic mass is 16.1. The minimum absolute atomic E-state index is 0.0226. The van der Waals surface area contributed by atoms with Crippen molar-refractivity contribution < 1.29 is 4.79 Å². The first kappa shape index (κ1) is 22.3. The molecule has 1 fully saturated rings. The van der Waals surface area contributed by atoms with Crippen molar-refractivity contribution in [1.29, 1.82) is 0 Å². The van der Waals surface area contributed by atoms with Gasteiger partial charge in [0.15, 0.2) is 6.29 Å². The van der Waals surface area contributed by atoms with E-state index in [1.807, 2.05) is 13.2 Å². The van der Waals surface area contributed by atoms with Gasteiger partial charge in [-0.25, -0.2) is 0 Å². The molecule has 3 aromatic rings. The Bertz CT molecular complexity index is 1220. The fourth-order valence-corrected chi connectivity index (χ4v) is 5.38. The number of nitrogens with one attached hydrogen (secondary N) is 2. The molecule has 0 saturated carbocycles. The van der Waals surface area contributed by atoms with Crippen molar-refractivity contribution in [1.82, 2.24) is 20.4 Å². The third kappa shape index (κ3) is 3.88. The molecule has 0 spiro atoms. The molecular formula is C26H33N7O. The summed E-state index contributed by atoms with van der Waals surface area (Å²) in [5.74, 6) is -0.316. The molecule has 34 heavy (non-hydrogen) atoms. The fraction of sp³-hybridized carbons (Fsp3) is 0.385. The number of carbonyl (C=O) groups excluding carboxylic acids is 1. The van der Waals surface area contributed by atoms with Gasteiger partial charge in [0.25, 0.3) is 0 Å². The Balaban J connectivity index is 1.49. The lowest BCUT2D eigenvalue weighted by Gasteiger charge is -2.45. The average Bonchev–Trinajstić information content (AvgIpc) is 3.32. The summed E-state index contributed by atoms with van der Waals surface area (Å²) in [6.45, 7) is 3.66. The number of anilines is 2. The van der Waals surface area contributed by atoms with Gasteiger partial charge in [-0.3, -0.25) is 15.2 Å². The summed E-state index contributed by atoms with van der Waals surface area (Å²) in [6.07, 6.45) is 5.92. The Labute approximate surface area is 200 Å². The number of hydrogen-bond acceptors (Lipinski definition) is 6. The number of aromatic amines is 1. The van der Waals surface area contributed by atoms with Gasteiger partial charge in [-0.1, -0.05) is 18.2 Å². The van der Waals surface area contributed by atoms with Gasteiger partial charge < -0.3 is 20.4 Å². The Kier molecular flexibility index (Phi) is 5.91. The molecule has 2 aromatic carbocycles. The second-order valence-corrected chi connectivity index (χ2v) is 9.35. The van der Waals surface area contributed by atoms with Crippen LogP contribution in [0, 0.1) is 5.92 Å². The summed E-state index contributed by atoms with van der Waals surface area (Å²) < 4.78 is 0. The number of para-hydroxylation sites is 1. The Morgan fingerprint density at radius 3 is 2.79 bits per heavy atom. The maximum absolute atomic E-state index is 11.9. The molecule has 3 heterocycles. The van der Waals surface area contributed by atoms with Crippen LogP contribution in [0.15, 0.2) is 54.7 Å². The van der Waals surface area contributed by atoms with Crippen LogP contribution in [-0.2, 0) is 4.79 Å². The molecule has 1 unspecified atom stereocenters. The fourth-order valence-electron chi connectivity index (χ4n) is 5.38. The monoisotopic (exact) mass is 459 g/mol. The Morgan fingerprint density at radius 1 is 1.18 bits per heavy atom. The number of nitrogens with two attached hydrogens (primary N) is 1. The van der Waals surface area contributed by atoms with Crippen molar-refractivity contribution in [2.75, 3.05) is 37.0 Å². The lowest BCUT2D eigenvalue weighted by molar-refractivity contribution is -0.122. The van der Waals surface area contributed by atoms with E-state index in [4.69, 9.17) is 5.73 Å². The third-order valence-corrected chi connectivity index (χ3v) is 7.31. The van der Waals surface area contributed by atoms with Crippen molar-refractivity contribution in [2.45, 2.75) is 32.1 Å². The number of fused-ring (bicyclic) bond motifs is 1. The van der Waals surface area contributed by atoms with Crippen LogP contribution in [0.25, 0.3) is 16.6 Å². The summed E-state index contributed by atoms with van der Waals surface area (Å²) in [5.41, 5.74) is 11.3. The van der Waals surface area contributed by atoms with Crippen molar-refractivity contribution in [3.05, 3.63) is 60.3 Å². The number of rotatable bonds is 5. The molecular weight excluding hydrogens is 426 g/mol. The van der Waals surface area contributed by atoms with Crippen molar-refractivity contribution >= 4 is 33.9 Å². The zero-order valence-electron chi connectivity index (χ0n) is 20.0. The first-order chi connectivity index (χ1) is 16.5. The van der Waals surface area contributed by atoms with Gasteiger partial charge in [0.1, 0.15) is 0 Å². The first-order valence-corrected chi connectivity index (χ1v) is 11.9. The number of hydrogen-bond donors (Lipinski definition) is 3. The Hall–Kier alpha value is -3.52. The molecule has 0 bridgehead atoms. The molecule has 1 saturated heterocycles. The van der Waals surface area contributed by atoms with E-state index in [9.17, 15) is 4.79 Å². The van der Waals surface area contributed by atoms with Crippen LogP contribution < -0.4 is 20.9 Å². The number of carbonyl (C=O) groups is 1. The number of benzene rings is 2. The molecule has 2 aliphatic rings. The van der Waals surface area contributed by atoms with E-state index < -0.39 is 0 Å². The molecule has 178 valence electrons. The minimum Gasteiger partial charge on any atom is -0.369 e. The van der Waals surface area contributed by atoms with Crippen molar-refractivity contribution in [3.8, 4) is 0 Å². The summed E-state index contributed by atoms with van der Waals surface area (Å²) in [6, 6.07) is 15.2. The lowest BCUT2D eigenvalue weighted by Crippen LogP contribution is -2.56. The van der Waals surface area contributed by atoms with Crippen molar-refractivity contribution in [3.63, 3.8) is 0 Å². The minimum atomic E-state index is -0.205. The van der Waals surface area contributed by atoms with Gasteiger partial charge in [-0.15, -0.1) is 0 Å². The zero-order chi connectivity index (χ0) is 23.8. The van der Waals surface area contributed by atoms with Crippen molar-refractivity contribution in [2.24, 2.45) is 11.7 Å². The van der Waals surface area contributed by atoms with Gasteiger partial charge in [0.2, 0.25) is 5.91 Å². The van der Waals surface area contributed by atoms with Crippen LogP contribution in [0.5, 0.6) is 0 Å². The molecule has 8 nitrogen and oxygen atoms in total. The first-order valence-electron chi connectivity index (χ1n) is 11.9. The maximum Gasteiger partial charge on any atom is 0.222 e. The van der Waals surface area contributed by atoms with Gasteiger partial charge in [0, 0.05) is 54.2 Å². The molecule has 3 atom stereocenters. The SMILES string of the molecule is CNC1N(C)C(c2ccccc2N2C[C@@H](C(N)=O)CC[C@H]2C)=CCN1c1ccc2cn[nH]c2c1. The Morgan fingerprint density at radius 2 is 2.00 bits per heavy atom. The highest BCUT2D eigenvalue weighted by Gasteiger charge is 2.33. The maximum atomic E-state index is 11.9. The third-order valence-electron chi connectivity index (χ3n) is 7.31. The molecule has 0 radical (unpaired) electrons. The molecule has 0 aliphatic carbocycles. The highest BCUT2D eigenvalue weighted by molar-refractivity contribution is 5.83. The van der Waals surface area contributed by atoms with E-state index in [0.29, 0.717) is 12.6 Å². The normalized spacial score (nSPS) is 23.3. The molecule has 5 rings (SSSR count). The molecule has 1 amide bonds. The summed E-state index contributed by atoms with van der Waals surface area (Å²) in [4.78, 5) is 18.9. The van der Waals surface area contributed by atoms with E-state index in [-0.39, 0.29) is 18.1 Å². The number of H-pyrrole nitrogens is 1. The van der Waals surface area contributed by atoms with Gasteiger partial charge in [-0.2, -0.15) is 5.10 Å². The second-order valence-electron chi connectivity index (χ2n) is 9.35. The van der Waals surface area contributed by atoms with Gasteiger partial charge in [-0.05, 0) is 57.2 Å². The topological polar surface area (TPSA) is 93.5 Å². The predicted octanol–water partition coefficient (Wildman–Crippen LogP) is 2.95. The lowest BCUT2D eigenvalue weighted by atomic mass is 9.91.